The summed E-state index contributed by atoms with van der Waals surface area (Å²) in [5.41, 5.74) is -0.684. The van der Waals surface area contributed by atoms with Gasteiger partial charge < -0.3 is 58.9 Å². The van der Waals surface area contributed by atoms with Gasteiger partial charge in [0.05, 0.1) is 56.4 Å². The van der Waals surface area contributed by atoms with Crippen molar-refractivity contribution in [3.8, 4) is 34.5 Å². The van der Waals surface area contributed by atoms with E-state index in [0.29, 0.717) is 56.9 Å². The molecule has 0 aliphatic carbocycles. The molecule has 3 aromatic rings. The topological polar surface area (TPSA) is 152 Å². The molecule has 13 heteroatoms. The Kier molecular flexibility index (Phi) is 32.4. The van der Waals surface area contributed by atoms with Crippen molar-refractivity contribution in [1.29, 1.82) is 0 Å². The first-order chi connectivity index (χ1) is 30.1. The van der Waals surface area contributed by atoms with Gasteiger partial charge in [-0.25, -0.2) is 0 Å². The van der Waals surface area contributed by atoms with Gasteiger partial charge in [0.2, 0.25) is 0 Å². The predicted molar refractivity (Wildman–Crippen MR) is 250 cm³/mol. The molecule has 0 bridgehead atoms. The van der Waals surface area contributed by atoms with Crippen LogP contribution in [0, 0.1) is 0 Å². The summed E-state index contributed by atoms with van der Waals surface area (Å²) < 4.78 is 34.4. The predicted octanol–water partition coefficient (Wildman–Crippen LogP) is 10.3. The minimum Gasteiger partial charge on any atom is -0.723 e. The minimum absolute atomic E-state index is 0. The van der Waals surface area contributed by atoms with Gasteiger partial charge in [-0.1, -0.05) is 80.1 Å². The first-order valence-corrected chi connectivity index (χ1v) is 23.3. The second-order valence-corrected chi connectivity index (χ2v) is 17.0. The van der Waals surface area contributed by atoms with Crippen molar-refractivity contribution >= 4 is 17.4 Å². The molecule has 0 N–H and O–H groups in total. The van der Waals surface area contributed by atoms with Crippen molar-refractivity contribution in [3.63, 3.8) is 0 Å². The van der Waals surface area contributed by atoms with E-state index in [9.17, 15) is 15.8 Å². The zero-order valence-electron chi connectivity index (χ0n) is 41.4. The quantitative estimate of drug-likeness (QED) is 0.0271. The van der Waals surface area contributed by atoms with Gasteiger partial charge in [0.1, 0.15) is 34.5 Å². The van der Waals surface area contributed by atoms with Crippen molar-refractivity contribution in [2.45, 2.75) is 177 Å². The fraction of sp³-hybridized carbons (Fsp3) is 0.647. The molecule has 3 aromatic carbocycles. The van der Waals surface area contributed by atoms with Crippen LogP contribution in [0.25, 0.3) is 0 Å². The Morgan fingerprint density at radius 1 is 0.344 bits per heavy atom. The van der Waals surface area contributed by atoms with Crippen LogP contribution in [0.15, 0.2) is 54.6 Å². The van der Waals surface area contributed by atoms with Crippen LogP contribution in [0.3, 0.4) is 0 Å². The summed E-state index contributed by atoms with van der Waals surface area (Å²) in [5, 5.41) is 33.0. The molecule has 0 heterocycles. The zero-order chi connectivity index (χ0) is 47.2. The van der Waals surface area contributed by atoms with Crippen LogP contribution in [0.4, 0.5) is 0 Å². The third kappa shape index (κ3) is 22.8. The first kappa shape index (κ1) is 60.8. The van der Waals surface area contributed by atoms with E-state index >= 15 is 0 Å². The average molecular weight is 913 g/mol. The Hall–Kier alpha value is -3.25. The molecule has 0 fully saturated rings. The standard InChI is InChI=1S/3C17H28O4.Al/c3*1-5-7-11-19-14-9-10-16(20-12-8-6-2)15(13-14)17(3,4)21-18;/h3*9-10,13,18H,5-8,11-12H2,1-4H3;/q;;;+3/p-3. The van der Waals surface area contributed by atoms with Gasteiger partial charge in [0.15, 0.2) is 0 Å². The maximum Gasteiger partial charge on any atom is 3.00 e. The maximum absolute atomic E-state index is 11.0. The summed E-state index contributed by atoms with van der Waals surface area (Å²) in [6, 6.07) is 16.7. The number of ether oxygens (including phenoxy) is 6. The summed E-state index contributed by atoms with van der Waals surface area (Å²) in [7, 11) is 0. The molecule has 0 unspecified atom stereocenters. The third-order valence-electron chi connectivity index (χ3n) is 9.99. The van der Waals surface area contributed by atoms with Crippen LogP contribution in [0.5, 0.6) is 34.5 Å². The fourth-order valence-corrected chi connectivity index (χ4v) is 5.70. The number of benzene rings is 3. The van der Waals surface area contributed by atoms with Gasteiger partial charge in [0.25, 0.3) is 0 Å². The molecule has 3 rings (SSSR count). The van der Waals surface area contributed by atoms with E-state index in [1.54, 1.807) is 41.5 Å². The van der Waals surface area contributed by atoms with Gasteiger partial charge in [-0.3, -0.25) is 0 Å². The summed E-state index contributed by atoms with van der Waals surface area (Å²) in [5.74, 6) is 4.29. The Bertz CT molecular complexity index is 1440. The van der Waals surface area contributed by atoms with Gasteiger partial charge in [-0.2, -0.15) is 0 Å². The van der Waals surface area contributed by atoms with Crippen LogP contribution in [-0.4, -0.2) is 57.0 Å². The summed E-state index contributed by atoms with van der Waals surface area (Å²) in [4.78, 5) is 13.1. The van der Waals surface area contributed by atoms with Crippen molar-refractivity contribution in [3.05, 3.63) is 71.3 Å². The van der Waals surface area contributed by atoms with E-state index in [1.165, 1.54) is 0 Å². The van der Waals surface area contributed by atoms with Crippen molar-refractivity contribution in [2.24, 2.45) is 0 Å². The summed E-state index contributed by atoms with van der Waals surface area (Å²) in [6.45, 7) is 27.0. The van der Waals surface area contributed by atoms with Gasteiger partial charge in [0, 0.05) is 16.7 Å². The Labute approximate surface area is 397 Å². The first-order valence-electron chi connectivity index (χ1n) is 23.3. The van der Waals surface area contributed by atoms with E-state index in [0.717, 1.165) is 111 Å². The molecule has 0 radical (unpaired) electrons. The third-order valence-corrected chi connectivity index (χ3v) is 9.99. The van der Waals surface area contributed by atoms with E-state index in [1.807, 2.05) is 54.6 Å². The van der Waals surface area contributed by atoms with Gasteiger partial charge in [-0.05, 0) is 135 Å². The molecule has 0 atom stereocenters. The normalized spacial score (nSPS) is 11.3. The molecule has 0 amide bonds. The van der Waals surface area contributed by atoms with Crippen LogP contribution in [0.1, 0.15) is 177 Å². The molecular formula is C51H81AlO12. The minimum atomic E-state index is -0.953. The summed E-state index contributed by atoms with van der Waals surface area (Å²) in [6.07, 6.45) is 12.4. The molecule has 0 aromatic heterocycles. The number of rotatable bonds is 30. The molecule has 360 valence electrons. The second-order valence-electron chi connectivity index (χ2n) is 17.0. The molecule has 0 aliphatic rings. The molecular weight excluding hydrogens is 832 g/mol. The molecule has 0 saturated heterocycles. The maximum atomic E-state index is 11.0. The average Bonchev–Trinajstić information content (AvgIpc) is 3.28. The number of hydrogen-bond donors (Lipinski definition) is 0. The van der Waals surface area contributed by atoms with Crippen LogP contribution in [0.2, 0.25) is 0 Å². The molecule has 0 saturated carbocycles. The molecule has 0 spiro atoms. The number of hydrogen-bond acceptors (Lipinski definition) is 12. The molecule has 0 aliphatic heterocycles. The number of unbranched alkanes of at least 4 members (excludes halogenated alkanes) is 6. The van der Waals surface area contributed by atoms with Crippen molar-refractivity contribution < 1.29 is 58.9 Å². The summed E-state index contributed by atoms with van der Waals surface area (Å²) >= 11 is 0. The van der Waals surface area contributed by atoms with E-state index in [2.05, 4.69) is 56.2 Å². The second kappa shape index (κ2) is 34.1. The van der Waals surface area contributed by atoms with Crippen molar-refractivity contribution in [2.75, 3.05) is 39.6 Å². The SMILES string of the molecule is CCCCOc1ccc(OCCCC)c(C(C)(C)O[O-])c1.CCCCOc1ccc(OCCCC)c(C(C)(C)O[O-])c1.CCCCOc1ccc(OCCCC)c(C(C)(C)O[O-])c1.[Al+3]. The van der Waals surface area contributed by atoms with E-state index < -0.39 is 16.8 Å². The van der Waals surface area contributed by atoms with Crippen LogP contribution >= 0.6 is 0 Å². The Morgan fingerprint density at radius 3 is 0.734 bits per heavy atom. The molecule has 12 nitrogen and oxygen atoms in total. The largest absolute Gasteiger partial charge is 3.00 e. The van der Waals surface area contributed by atoms with Gasteiger partial charge >= 0.3 is 17.4 Å². The smallest absolute Gasteiger partial charge is 0.723 e. The van der Waals surface area contributed by atoms with Crippen molar-refractivity contribution in [1.82, 2.24) is 0 Å². The fourth-order valence-electron chi connectivity index (χ4n) is 5.70. The van der Waals surface area contributed by atoms with Crippen LogP contribution in [-0.2, 0) is 31.5 Å². The van der Waals surface area contributed by atoms with E-state index in [4.69, 9.17) is 28.4 Å². The zero-order valence-corrected chi connectivity index (χ0v) is 42.6. The monoisotopic (exact) mass is 913 g/mol. The Morgan fingerprint density at radius 2 is 0.547 bits per heavy atom. The molecule has 64 heavy (non-hydrogen) atoms. The van der Waals surface area contributed by atoms with Gasteiger partial charge in [-0.15, -0.1) is 0 Å². The van der Waals surface area contributed by atoms with E-state index in [-0.39, 0.29) is 17.4 Å². The Balaban J connectivity index is 0.000000923. The van der Waals surface area contributed by atoms with Crippen LogP contribution < -0.4 is 44.2 Å².